The number of anilines is 1. The highest BCUT2D eigenvalue weighted by molar-refractivity contribution is 7.80. The average molecular weight is 484 g/mol. The summed E-state index contributed by atoms with van der Waals surface area (Å²) in [6, 6.07) is 18.9. The topological polar surface area (TPSA) is 81.2 Å². The first-order valence-electron chi connectivity index (χ1n) is 9.97. The van der Waals surface area contributed by atoms with Gasteiger partial charge in [0.25, 0.3) is 0 Å². The van der Waals surface area contributed by atoms with Gasteiger partial charge in [-0.15, -0.1) is 0 Å². The van der Waals surface area contributed by atoms with Crippen LogP contribution in [-0.4, -0.2) is 31.0 Å². The normalized spacial score (nSPS) is 10.5. The van der Waals surface area contributed by atoms with Crippen LogP contribution in [0.25, 0.3) is 0 Å². The molecule has 2 N–H and O–H groups in total. The van der Waals surface area contributed by atoms with Gasteiger partial charge in [0.1, 0.15) is 5.75 Å². The van der Waals surface area contributed by atoms with Gasteiger partial charge in [0.2, 0.25) is 0 Å². The van der Waals surface area contributed by atoms with Gasteiger partial charge in [0.05, 0.1) is 25.5 Å². The molecule has 0 heterocycles. The molecule has 3 aromatic carbocycles. The lowest BCUT2D eigenvalue weighted by Gasteiger charge is -2.11. The summed E-state index contributed by atoms with van der Waals surface area (Å²) in [5.74, 6) is 0.879. The average Bonchev–Trinajstić information content (AvgIpc) is 2.81. The van der Waals surface area contributed by atoms with Gasteiger partial charge in [-0.05, 0) is 85.4 Å². The number of carbonyl (C=O) groups is 1. The fourth-order valence-electron chi connectivity index (χ4n) is 2.73. The van der Waals surface area contributed by atoms with E-state index in [2.05, 4.69) is 15.8 Å². The standard InChI is InChI=1S/C24H22ClN3O4S/c1-3-31-22-13-16(15-26-28-24(33)27-19-6-4-5-18(25)14-19)7-12-21(22)32-23(29)17-8-10-20(30-2)11-9-17/h4-15H,3H2,1-2H3,(H2,27,28,33)/b26-15-. The zero-order valence-corrected chi connectivity index (χ0v) is 19.6. The largest absolute Gasteiger partial charge is 0.497 e. The number of benzene rings is 3. The summed E-state index contributed by atoms with van der Waals surface area (Å²) in [4.78, 5) is 12.5. The van der Waals surface area contributed by atoms with Crippen molar-refractivity contribution < 1.29 is 19.0 Å². The minimum atomic E-state index is -0.501. The molecule has 0 aromatic heterocycles. The molecule has 0 radical (unpaired) electrons. The van der Waals surface area contributed by atoms with Crippen LogP contribution >= 0.6 is 23.8 Å². The third kappa shape index (κ3) is 7.20. The van der Waals surface area contributed by atoms with E-state index >= 15 is 0 Å². The molecule has 0 fully saturated rings. The molecule has 33 heavy (non-hydrogen) atoms. The highest BCUT2D eigenvalue weighted by Gasteiger charge is 2.13. The lowest BCUT2D eigenvalue weighted by molar-refractivity contribution is 0.0728. The zero-order valence-electron chi connectivity index (χ0n) is 18.0. The van der Waals surface area contributed by atoms with Crippen LogP contribution in [0.3, 0.4) is 0 Å². The fraction of sp³-hybridized carbons (Fsp3) is 0.125. The van der Waals surface area contributed by atoms with Gasteiger partial charge >= 0.3 is 5.97 Å². The summed E-state index contributed by atoms with van der Waals surface area (Å²) in [6.45, 7) is 2.25. The van der Waals surface area contributed by atoms with Crippen LogP contribution in [0.15, 0.2) is 71.8 Å². The van der Waals surface area contributed by atoms with Gasteiger partial charge in [-0.3, -0.25) is 5.43 Å². The van der Waals surface area contributed by atoms with E-state index in [0.717, 1.165) is 11.3 Å². The van der Waals surface area contributed by atoms with Crippen molar-refractivity contribution in [1.82, 2.24) is 5.43 Å². The highest BCUT2D eigenvalue weighted by atomic mass is 35.5. The van der Waals surface area contributed by atoms with Crippen molar-refractivity contribution in [1.29, 1.82) is 0 Å². The molecule has 7 nitrogen and oxygen atoms in total. The molecule has 3 aromatic rings. The lowest BCUT2D eigenvalue weighted by Crippen LogP contribution is -2.23. The predicted octanol–water partition coefficient (Wildman–Crippen LogP) is 5.29. The minimum absolute atomic E-state index is 0.306. The number of hydrazone groups is 1. The Morgan fingerprint density at radius 1 is 1.09 bits per heavy atom. The first-order valence-corrected chi connectivity index (χ1v) is 10.8. The number of thiocarbonyl (C=S) groups is 1. The van der Waals surface area contributed by atoms with Crippen molar-refractivity contribution in [3.8, 4) is 17.2 Å². The summed E-state index contributed by atoms with van der Waals surface area (Å²) < 4.78 is 16.3. The summed E-state index contributed by atoms with van der Waals surface area (Å²) in [5, 5.41) is 8.02. The van der Waals surface area contributed by atoms with E-state index in [1.165, 1.54) is 0 Å². The molecule has 0 bridgehead atoms. The number of methoxy groups -OCH3 is 1. The molecule has 0 saturated carbocycles. The molecule has 0 atom stereocenters. The van der Waals surface area contributed by atoms with E-state index in [-0.39, 0.29) is 0 Å². The first kappa shape index (κ1) is 24.0. The molecular formula is C24H22ClN3O4S. The number of rotatable bonds is 8. The number of halogens is 1. The lowest BCUT2D eigenvalue weighted by atomic mass is 10.2. The molecule has 9 heteroatoms. The van der Waals surface area contributed by atoms with Crippen LogP contribution in [0.2, 0.25) is 5.02 Å². The van der Waals surface area contributed by atoms with Gasteiger partial charge in [-0.2, -0.15) is 5.10 Å². The summed E-state index contributed by atoms with van der Waals surface area (Å²) in [5.41, 5.74) is 4.61. The Kier molecular flexibility index (Phi) is 8.63. The molecule has 0 aliphatic rings. The number of carbonyl (C=O) groups excluding carboxylic acids is 1. The highest BCUT2D eigenvalue weighted by Crippen LogP contribution is 2.29. The van der Waals surface area contributed by atoms with Crippen LogP contribution in [0.4, 0.5) is 5.69 Å². The first-order chi connectivity index (χ1) is 16.0. The molecule has 3 rings (SSSR count). The fourth-order valence-corrected chi connectivity index (χ4v) is 3.10. The molecule has 0 saturated heterocycles. The van der Waals surface area contributed by atoms with Crippen molar-refractivity contribution in [3.05, 3.63) is 82.9 Å². The van der Waals surface area contributed by atoms with E-state index in [9.17, 15) is 4.79 Å². The molecule has 0 amide bonds. The molecule has 0 aliphatic carbocycles. The number of nitrogens with zero attached hydrogens (tertiary/aromatic N) is 1. The smallest absolute Gasteiger partial charge is 0.343 e. The molecule has 0 aliphatic heterocycles. The van der Waals surface area contributed by atoms with E-state index in [4.69, 9.17) is 38.0 Å². The Morgan fingerprint density at radius 2 is 1.88 bits per heavy atom. The monoisotopic (exact) mass is 483 g/mol. The maximum Gasteiger partial charge on any atom is 0.343 e. The third-order valence-electron chi connectivity index (χ3n) is 4.26. The van der Waals surface area contributed by atoms with Gasteiger partial charge in [-0.25, -0.2) is 4.79 Å². The Morgan fingerprint density at radius 3 is 2.58 bits per heavy atom. The van der Waals surface area contributed by atoms with Crippen molar-refractivity contribution in [2.45, 2.75) is 6.92 Å². The van der Waals surface area contributed by atoms with Gasteiger partial charge in [0, 0.05) is 10.7 Å². The van der Waals surface area contributed by atoms with Crippen molar-refractivity contribution in [2.24, 2.45) is 5.10 Å². The number of ether oxygens (including phenoxy) is 3. The van der Waals surface area contributed by atoms with Crippen LogP contribution in [-0.2, 0) is 0 Å². The third-order valence-corrected chi connectivity index (χ3v) is 4.69. The maximum absolute atomic E-state index is 12.5. The van der Waals surface area contributed by atoms with Crippen LogP contribution in [0.5, 0.6) is 17.2 Å². The van der Waals surface area contributed by atoms with E-state index in [0.29, 0.717) is 39.6 Å². The van der Waals surface area contributed by atoms with Crippen LogP contribution in [0.1, 0.15) is 22.8 Å². The number of nitrogens with one attached hydrogen (secondary N) is 2. The van der Waals surface area contributed by atoms with E-state index < -0.39 is 5.97 Å². The second kappa shape index (κ2) is 11.8. The van der Waals surface area contributed by atoms with Gasteiger partial charge < -0.3 is 19.5 Å². The van der Waals surface area contributed by atoms with E-state index in [1.54, 1.807) is 67.9 Å². The Bertz CT molecular complexity index is 1150. The molecule has 170 valence electrons. The Labute approximate surface area is 202 Å². The van der Waals surface area contributed by atoms with Crippen LogP contribution in [0, 0.1) is 0 Å². The SMILES string of the molecule is CCOc1cc(/C=N\NC(=S)Nc2cccc(Cl)c2)ccc1OC(=O)c1ccc(OC)cc1. The second-order valence-electron chi connectivity index (χ2n) is 6.59. The molecule has 0 spiro atoms. The van der Waals surface area contributed by atoms with Gasteiger partial charge in [-0.1, -0.05) is 17.7 Å². The summed E-state index contributed by atoms with van der Waals surface area (Å²) in [6.07, 6.45) is 1.57. The Hall–Kier alpha value is -3.62. The quantitative estimate of drug-likeness (QED) is 0.148. The molecular weight excluding hydrogens is 462 g/mol. The van der Waals surface area contributed by atoms with E-state index in [1.807, 2.05) is 19.1 Å². The van der Waals surface area contributed by atoms with Crippen molar-refractivity contribution in [2.75, 3.05) is 19.0 Å². The second-order valence-corrected chi connectivity index (χ2v) is 7.44. The summed E-state index contributed by atoms with van der Waals surface area (Å²) in [7, 11) is 1.56. The Balaban J connectivity index is 1.64. The maximum atomic E-state index is 12.5. The minimum Gasteiger partial charge on any atom is -0.497 e. The zero-order chi connectivity index (χ0) is 23.6. The molecule has 0 unspecified atom stereocenters. The van der Waals surface area contributed by atoms with Crippen molar-refractivity contribution >= 4 is 46.8 Å². The number of esters is 1. The van der Waals surface area contributed by atoms with Gasteiger partial charge in [0.15, 0.2) is 16.6 Å². The number of hydrogen-bond acceptors (Lipinski definition) is 6. The number of hydrogen-bond donors (Lipinski definition) is 2. The van der Waals surface area contributed by atoms with Crippen molar-refractivity contribution in [3.63, 3.8) is 0 Å². The summed E-state index contributed by atoms with van der Waals surface area (Å²) >= 11 is 11.2. The van der Waals surface area contributed by atoms with Crippen LogP contribution < -0.4 is 25.0 Å². The predicted molar refractivity (Wildman–Crippen MR) is 134 cm³/mol.